The first kappa shape index (κ1) is 18.6. The number of fused-ring (bicyclic) bond motifs is 3. The van der Waals surface area contributed by atoms with Gasteiger partial charge < -0.3 is 25.5 Å². The summed E-state index contributed by atoms with van der Waals surface area (Å²) in [5.41, 5.74) is -0.923. The summed E-state index contributed by atoms with van der Waals surface area (Å²) < 4.78 is 0. The number of hydrogen-bond acceptors (Lipinski definition) is 6. The van der Waals surface area contributed by atoms with Crippen LogP contribution in [-0.2, 0) is 11.8 Å². The van der Waals surface area contributed by atoms with Gasteiger partial charge in [0.1, 0.15) is 5.75 Å². The van der Waals surface area contributed by atoms with Gasteiger partial charge in [-0.1, -0.05) is 27.2 Å². The average molecular weight is 362 g/mol. The maximum Gasteiger partial charge on any atom is 0.231 e. The molecule has 2 unspecified atom stereocenters. The molecule has 1 saturated carbocycles. The quantitative estimate of drug-likeness (QED) is 0.407. The van der Waals surface area contributed by atoms with Crippen LogP contribution >= 0.6 is 0 Å². The molecule has 0 aromatic heterocycles. The summed E-state index contributed by atoms with van der Waals surface area (Å²) in [5.74, 6) is -2.64. The monoisotopic (exact) mass is 362 g/mol. The van der Waals surface area contributed by atoms with E-state index in [0.717, 1.165) is 12.8 Å². The molecule has 2 atom stereocenters. The van der Waals surface area contributed by atoms with Crippen LogP contribution in [0.15, 0.2) is 11.3 Å². The zero-order chi connectivity index (χ0) is 19.6. The lowest BCUT2D eigenvalue weighted by Gasteiger charge is -2.49. The van der Waals surface area contributed by atoms with Crippen molar-refractivity contribution < 1.29 is 30.3 Å². The van der Waals surface area contributed by atoms with Crippen molar-refractivity contribution in [3.63, 3.8) is 0 Å². The SMILES string of the molecule is CC(O)Cc1c(O)c(O)c2c(c1O)C(=O)C(O)=C1C(C)(C)CCCC12C. The van der Waals surface area contributed by atoms with E-state index >= 15 is 0 Å². The van der Waals surface area contributed by atoms with Gasteiger partial charge in [-0.05, 0) is 30.8 Å². The minimum atomic E-state index is -0.896. The Morgan fingerprint density at radius 3 is 2.19 bits per heavy atom. The molecule has 5 N–H and O–H groups in total. The summed E-state index contributed by atoms with van der Waals surface area (Å²) in [6.45, 7) is 7.16. The molecule has 6 nitrogen and oxygen atoms in total. The molecular formula is C20H26O6. The van der Waals surface area contributed by atoms with Crippen molar-refractivity contribution in [2.24, 2.45) is 5.41 Å². The van der Waals surface area contributed by atoms with Crippen LogP contribution in [0.1, 0.15) is 68.4 Å². The van der Waals surface area contributed by atoms with Crippen LogP contribution in [0.25, 0.3) is 0 Å². The zero-order valence-electron chi connectivity index (χ0n) is 15.6. The normalized spacial score (nSPS) is 25.7. The molecule has 0 heterocycles. The van der Waals surface area contributed by atoms with Crippen LogP contribution in [0, 0.1) is 5.41 Å². The standard InChI is InChI=1S/C20H26O6/c1-9(21)8-10-13(22)11-12(16(25)14(10)23)20(4)7-5-6-19(2,3)18(20)17(26)15(11)24/h9,21-23,25-26H,5-8H2,1-4H3. The number of rotatable bonds is 2. The number of allylic oxidation sites excluding steroid dienone is 2. The molecule has 1 fully saturated rings. The Hall–Kier alpha value is -2.21. The van der Waals surface area contributed by atoms with E-state index in [2.05, 4.69) is 0 Å². The van der Waals surface area contributed by atoms with Gasteiger partial charge in [-0.15, -0.1) is 0 Å². The molecule has 0 bridgehead atoms. The predicted molar refractivity (Wildman–Crippen MR) is 95.8 cm³/mol. The van der Waals surface area contributed by atoms with Crippen molar-refractivity contribution in [3.8, 4) is 17.2 Å². The fourth-order valence-electron chi connectivity index (χ4n) is 4.95. The minimum Gasteiger partial charge on any atom is -0.507 e. The van der Waals surface area contributed by atoms with Gasteiger partial charge in [0, 0.05) is 23.0 Å². The Morgan fingerprint density at radius 2 is 1.62 bits per heavy atom. The van der Waals surface area contributed by atoms with Gasteiger partial charge in [0.2, 0.25) is 5.78 Å². The van der Waals surface area contributed by atoms with E-state index in [1.807, 2.05) is 20.8 Å². The molecule has 142 valence electrons. The van der Waals surface area contributed by atoms with Gasteiger partial charge in [0.15, 0.2) is 17.3 Å². The number of carbonyl (C=O) groups excluding carboxylic acids is 1. The van der Waals surface area contributed by atoms with E-state index in [1.54, 1.807) is 0 Å². The lowest BCUT2D eigenvalue weighted by Crippen LogP contribution is -2.43. The number of hydrogen-bond donors (Lipinski definition) is 5. The van der Waals surface area contributed by atoms with Crippen LogP contribution < -0.4 is 0 Å². The minimum absolute atomic E-state index is 0.0977. The van der Waals surface area contributed by atoms with Crippen molar-refractivity contribution >= 4 is 5.78 Å². The first-order valence-electron chi connectivity index (χ1n) is 8.90. The highest BCUT2D eigenvalue weighted by atomic mass is 16.3. The maximum absolute atomic E-state index is 12.9. The van der Waals surface area contributed by atoms with Crippen LogP contribution in [0.3, 0.4) is 0 Å². The number of aromatic hydroxyl groups is 3. The topological polar surface area (TPSA) is 118 Å². The summed E-state index contributed by atoms with van der Waals surface area (Å²) in [5, 5.41) is 52.2. The number of Topliss-reactive ketones (excluding diaryl/α,β-unsaturated/α-hetero) is 1. The highest BCUT2D eigenvalue weighted by molar-refractivity contribution is 6.13. The molecule has 26 heavy (non-hydrogen) atoms. The van der Waals surface area contributed by atoms with Gasteiger partial charge in [0.05, 0.1) is 11.7 Å². The highest BCUT2D eigenvalue weighted by Gasteiger charge is 2.53. The largest absolute Gasteiger partial charge is 0.507 e. The summed E-state index contributed by atoms with van der Waals surface area (Å²) in [7, 11) is 0. The van der Waals surface area contributed by atoms with Gasteiger partial charge in [0.25, 0.3) is 0 Å². The lowest BCUT2D eigenvalue weighted by molar-refractivity contribution is 0.0934. The zero-order valence-corrected chi connectivity index (χ0v) is 15.6. The number of phenols is 3. The Kier molecular flexibility index (Phi) is 4.03. The van der Waals surface area contributed by atoms with Crippen LogP contribution in [0.5, 0.6) is 17.2 Å². The average Bonchev–Trinajstić information content (AvgIpc) is 2.51. The van der Waals surface area contributed by atoms with Crippen molar-refractivity contribution in [1.29, 1.82) is 0 Å². The summed E-state index contributed by atoms with van der Waals surface area (Å²) in [4.78, 5) is 12.9. The fourth-order valence-corrected chi connectivity index (χ4v) is 4.95. The maximum atomic E-state index is 12.9. The van der Waals surface area contributed by atoms with Crippen molar-refractivity contribution in [2.75, 3.05) is 0 Å². The van der Waals surface area contributed by atoms with Gasteiger partial charge in [-0.25, -0.2) is 0 Å². The smallest absolute Gasteiger partial charge is 0.231 e. The fraction of sp³-hybridized carbons (Fsp3) is 0.550. The predicted octanol–water partition coefficient (Wildman–Crippen LogP) is 3.20. The Balaban J connectivity index is 2.40. The van der Waals surface area contributed by atoms with E-state index < -0.39 is 45.7 Å². The van der Waals surface area contributed by atoms with E-state index in [1.165, 1.54) is 6.92 Å². The number of aliphatic hydroxyl groups is 2. The van der Waals surface area contributed by atoms with Gasteiger partial charge >= 0.3 is 0 Å². The summed E-state index contributed by atoms with van der Waals surface area (Å²) in [6, 6.07) is 0. The Morgan fingerprint density at radius 1 is 1.00 bits per heavy atom. The molecule has 0 amide bonds. The second kappa shape index (κ2) is 5.64. The van der Waals surface area contributed by atoms with Crippen LogP contribution in [-0.4, -0.2) is 37.4 Å². The van der Waals surface area contributed by atoms with E-state index in [9.17, 15) is 30.3 Å². The molecule has 1 aromatic rings. The number of phenolic OH excluding ortho intramolecular Hbond substituents is 3. The molecule has 0 aliphatic heterocycles. The summed E-state index contributed by atoms with van der Waals surface area (Å²) >= 11 is 0. The molecule has 0 saturated heterocycles. The van der Waals surface area contributed by atoms with E-state index in [4.69, 9.17) is 0 Å². The van der Waals surface area contributed by atoms with Crippen LogP contribution in [0.4, 0.5) is 0 Å². The Bertz CT molecular complexity index is 833. The molecule has 1 aromatic carbocycles. The molecule has 3 rings (SSSR count). The molecule has 6 heteroatoms. The second-order valence-electron chi connectivity index (χ2n) is 8.45. The van der Waals surface area contributed by atoms with Crippen LogP contribution in [0.2, 0.25) is 0 Å². The number of carbonyl (C=O) groups is 1. The third-order valence-corrected chi connectivity index (χ3v) is 5.96. The molecule has 0 radical (unpaired) electrons. The summed E-state index contributed by atoms with van der Waals surface area (Å²) in [6.07, 6.45) is 1.13. The molecular weight excluding hydrogens is 336 g/mol. The van der Waals surface area contributed by atoms with Crippen molar-refractivity contribution in [2.45, 2.75) is 64.9 Å². The number of ketones is 1. The van der Waals surface area contributed by atoms with Crippen molar-refractivity contribution in [1.82, 2.24) is 0 Å². The first-order valence-corrected chi connectivity index (χ1v) is 8.90. The van der Waals surface area contributed by atoms with E-state index in [-0.39, 0.29) is 23.1 Å². The van der Waals surface area contributed by atoms with E-state index in [0.29, 0.717) is 12.0 Å². The Labute approximate surface area is 152 Å². The highest BCUT2D eigenvalue weighted by Crippen LogP contribution is 2.60. The second-order valence-corrected chi connectivity index (χ2v) is 8.45. The third kappa shape index (κ3) is 2.31. The molecule has 0 spiro atoms. The lowest BCUT2D eigenvalue weighted by atomic mass is 9.54. The third-order valence-electron chi connectivity index (χ3n) is 5.96. The van der Waals surface area contributed by atoms with Gasteiger partial charge in [-0.2, -0.15) is 0 Å². The first-order chi connectivity index (χ1) is 11.9. The molecule has 2 aliphatic rings. The number of aliphatic hydroxyl groups excluding tert-OH is 2. The van der Waals surface area contributed by atoms with Gasteiger partial charge in [-0.3, -0.25) is 4.79 Å². The number of benzene rings is 1. The van der Waals surface area contributed by atoms with Crippen molar-refractivity contribution in [3.05, 3.63) is 28.0 Å². The molecule has 2 aliphatic carbocycles.